The van der Waals surface area contributed by atoms with Gasteiger partial charge in [-0.1, -0.05) is 34.6 Å². The highest BCUT2D eigenvalue weighted by molar-refractivity contribution is 5.78. The molecule has 0 aliphatic carbocycles. The summed E-state index contributed by atoms with van der Waals surface area (Å²) in [6.45, 7) is 12.0. The van der Waals surface area contributed by atoms with Gasteiger partial charge in [0.2, 0.25) is 11.8 Å². The lowest BCUT2D eigenvalue weighted by atomic mass is 9.99. The third-order valence-corrected chi connectivity index (χ3v) is 3.21. The Labute approximate surface area is 125 Å². The Morgan fingerprint density at radius 3 is 2.00 bits per heavy atom. The van der Waals surface area contributed by atoms with Crippen LogP contribution in [0.5, 0.6) is 0 Å². The molecule has 0 aromatic carbocycles. The summed E-state index contributed by atoms with van der Waals surface area (Å²) in [5, 5.41) is 2.56. The minimum absolute atomic E-state index is 0.0140. The molecule has 4 nitrogen and oxygen atoms in total. The fraction of sp³-hybridized carbons (Fsp3) is 0.875. The van der Waals surface area contributed by atoms with Crippen molar-refractivity contribution in [3.63, 3.8) is 0 Å². The Bertz CT molecular complexity index is 247. The van der Waals surface area contributed by atoms with Crippen molar-refractivity contribution in [3.8, 4) is 0 Å². The van der Waals surface area contributed by atoms with E-state index in [4.69, 9.17) is 0 Å². The van der Waals surface area contributed by atoms with E-state index in [-0.39, 0.29) is 11.8 Å². The quantitative estimate of drug-likeness (QED) is 0.862. The zero-order valence-corrected chi connectivity index (χ0v) is 14.3. The van der Waals surface area contributed by atoms with Gasteiger partial charge in [-0.3, -0.25) is 9.59 Å². The van der Waals surface area contributed by atoms with Gasteiger partial charge in [-0.25, -0.2) is 0 Å². The lowest BCUT2D eigenvalue weighted by Gasteiger charge is -2.30. The van der Waals surface area contributed by atoms with E-state index in [0.717, 1.165) is 31.8 Å². The number of nitrogens with one attached hydrogen (secondary N) is 1. The van der Waals surface area contributed by atoms with Crippen LogP contribution in [0.4, 0.5) is 0 Å². The number of amides is 2. The highest BCUT2D eigenvalue weighted by Gasteiger charge is 2.19. The predicted molar refractivity (Wildman–Crippen MR) is 85.6 cm³/mol. The zero-order chi connectivity index (χ0) is 16.0. The molecular weight excluding hydrogens is 252 g/mol. The molecule has 0 bridgehead atoms. The highest BCUT2D eigenvalue weighted by atomic mass is 16.2. The fourth-order valence-electron chi connectivity index (χ4n) is 1.94. The van der Waals surface area contributed by atoms with Crippen molar-refractivity contribution in [1.82, 2.24) is 10.2 Å². The number of likely N-dealkylation sites (tertiary alicyclic amines) is 1. The second-order valence-corrected chi connectivity index (χ2v) is 4.59. The van der Waals surface area contributed by atoms with Crippen LogP contribution in [0.25, 0.3) is 0 Å². The van der Waals surface area contributed by atoms with Crippen molar-refractivity contribution in [1.29, 1.82) is 0 Å². The molecule has 1 rings (SSSR count). The van der Waals surface area contributed by atoms with Crippen LogP contribution in [-0.2, 0) is 9.59 Å². The van der Waals surface area contributed by atoms with E-state index in [1.807, 2.05) is 32.6 Å². The van der Waals surface area contributed by atoms with Gasteiger partial charge in [-0.05, 0) is 25.2 Å². The van der Waals surface area contributed by atoms with E-state index >= 15 is 0 Å². The maximum absolute atomic E-state index is 11.8. The van der Waals surface area contributed by atoms with Gasteiger partial charge in [0.25, 0.3) is 0 Å². The van der Waals surface area contributed by atoms with Crippen molar-refractivity contribution in [3.05, 3.63) is 0 Å². The van der Waals surface area contributed by atoms with E-state index < -0.39 is 0 Å². The largest absolute Gasteiger partial charge is 0.359 e. The van der Waals surface area contributed by atoms with Crippen molar-refractivity contribution in [2.45, 2.75) is 66.7 Å². The third-order valence-electron chi connectivity index (χ3n) is 3.21. The normalized spacial score (nSPS) is 14.4. The Kier molecular flexibility index (Phi) is 15.2. The van der Waals surface area contributed by atoms with Gasteiger partial charge in [0.15, 0.2) is 0 Å². The molecule has 4 heteroatoms. The number of hydrogen-bond donors (Lipinski definition) is 1. The van der Waals surface area contributed by atoms with Gasteiger partial charge in [-0.2, -0.15) is 0 Å². The van der Waals surface area contributed by atoms with Crippen LogP contribution in [-0.4, -0.2) is 36.9 Å². The topological polar surface area (TPSA) is 49.4 Å². The Hall–Kier alpha value is -1.06. The zero-order valence-electron chi connectivity index (χ0n) is 14.3. The molecule has 20 heavy (non-hydrogen) atoms. The van der Waals surface area contributed by atoms with E-state index in [2.05, 4.69) is 12.2 Å². The van der Waals surface area contributed by atoms with E-state index in [1.54, 1.807) is 7.05 Å². The van der Waals surface area contributed by atoms with E-state index in [9.17, 15) is 9.59 Å². The van der Waals surface area contributed by atoms with Crippen molar-refractivity contribution < 1.29 is 9.59 Å². The van der Waals surface area contributed by atoms with Crippen molar-refractivity contribution in [2.75, 3.05) is 20.1 Å². The first-order valence-electron chi connectivity index (χ1n) is 8.12. The molecule has 0 unspecified atom stereocenters. The summed E-state index contributed by atoms with van der Waals surface area (Å²) >= 11 is 0. The average molecular weight is 286 g/mol. The Morgan fingerprint density at radius 1 is 1.05 bits per heavy atom. The summed E-state index contributed by atoms with van der Waals surface area (Å²) in [5.41, 5.74) is 0. The number of carbonyl (C=O) groups excluding carboxylic acids is 2. The van der Waals surface area contributed by atoms with Crippen molar-refractivity contribution in [2.24, 2.45) is 5.92 Å². The summed E-state index contributed by atoms with van der Waals surface area (Å²) < 4.78 is 0. The molecule has 0 aromatic heterocycles. The average Bonchev–Trinajstić information content (AvgIpc) is 2.51. The monoisotopic (exact) mass is 286 g/mol. The number of hydrogen-bond acceptors (Lipinski definition) is 2. The van der Waals surface area contributed by atoms with Gasteiger partial charge in [0, 0.05) is 33.0 Å². The van der Waals surface area contributed by atoms with Crippen LogP contribution in [0, 0.1) is 5.92 Å². The smallest absolute Gasteiger partial charge is 0.222 e. The lowest BCUT2D eigenvalue weighted by Crippen LogP contribution is -2.37. The fourth-order valence-corrected chi connectivity index (χ4v) is 1.94. The molecule has 0 spiro atoms. The maximum atomic E-state index is 11.8. The predicted octanol–water partition coefficient (Wildman–Crippen LogP) is 3.21. The number of nitrogens with zero attached hydrogens (tertiary/aromatic N) is 1. The second kappa shape index (κ2) is 14.4. The van der Waals surface area contributed by atoms with Crippen LogP contribution in [0.1, 0.15) is 66.7 Å². The lowest BCUT2D eigenvalue weighted by molar-refractivity contribution is -0.132. The molecule has 0 atom stereocenters. The number of piperidine rings is 1. The molecule has 1 N–H and O–H groups in total. The first-order chi connectivity index (χ1) is 9.63. The molecule has 2 amide bonds. The molecule has 120 valence electrons. The summed E-state index contributed by atoms with van der Waals surface area (Å²) in [7, 11) is 1.62. The third kappa shape index (κ3) is 9.82. The van der Waals surface area contributed by atoms with E-state index in [0.29, 0.717) is 19.3 Å². The molecule has 1 fully saturated rings. The number of carbonyl (C=O) groups is 2. The van der Waals surface area contributed by atoms with Crippen LogP contribution >= 0.6 is 0 Å². The molecular formula is C16H34N2O2. The molecule has 0 aromatic rings. The second-order valence-electron chi connectivity index (χ2n) is 4.59. The summed E-state index contributed by atoms with van der Waals surface area (Å²) in [6, 6.07) is 0. The molecule has 1 heterocycles. The maximum Gasteiger partial charge on any atom is 0.222 e. The van der Waals surface area contributed by atoms with Crippen LogP contribution in [0.2, 0.25) is 0 Å². The van der Waals surface area contributed by atoms with Crippen LogP contribution in [0.3, 0.4) is 0 Å². The van der Waals surface area contributed by atoms with Gasteiger partial charge in [0.1, 0.15) is 0 Å². The molecule has 1 aliphatic rings. The summed E-state index contributed by atoms with van der Waals surface area (Å²) in [4.78, 5) is 24.7. The standard InChI is InChI=1S/C12H22N2O2.2C2H6/c1-10-6-8-14(9-7-10)12(16)5-3-4-11(15)13-2;2*1-2/h10H,3-9H2,1-2H3,(H,13,15);2*1-2H3. The SMILES string of the molecule is CC.CC.CNC(=O)CCCC(=O)N1CCC(C)CC1. The molecule has 0 saturated carbocycles. The number of rotatable bonds is 4. The van der Waals surface area contributed by atoms with Crippen molar-refractivity contribution >= 4 is 11.8 Å². The Balaban J connectivity index is 0. The van der Waals surface area contributed by atoms with Gasteiger partial charge >= 0.3 is 0 Å². The van der Waals surface area contributed by atoms with Gasteiger partial charge in [0.05, 0.1) is 0 Å². The first kappa shape index (κ1) is 21.2. The molecule has 1 aliphatic heterocycles. The molecule has 1 saturated heterocycles. The van der Waals surface area contributed by atoms with Crippen LogP contribution in [0.15, 0.2) is 0 Å². The summed E-state index contributed by atoms with van der Waals surface area (Å²) in [5.74, 6) is 0.964. The molecule has 0 radical (unpaired) electrons. The van der Waals surface area contributed by atoms with Gasteiger partial charge < -0.3 is 10.2 Å². The summed E-state index contributed by atoms with van der Waals surface area (Å²) in [6.07, 6.45) is 3.83. The van der Waals surface area contributed by atoms with Crippen LogP contribution < -0.4 is 5.32 Å². The Morgan fingerprint density at radius 2 is 1.55 bits per heavy atom. The minimum Gasteiger partial charge on any atom is -0.359 e. The highest BCUT2D eigenvalue weighted by Crippen LogP contribution is 2.17. The van der Waals surface area contributed by atoms with E-state index in [1.165, 1.54) is 0 Å². The van der Waals surface area contributed by atoms with Gasteiger partial charge in [-0.15, -0.1) is 0 Å². The minimum atomic E-state index is 0.0140. The first-order valence-corrected chi connectivity index (χ1v) is 8.12.